The number of rotatable bonds is 5. The molecule has 10 nitrogen and oxygen atoms in total. The molecule has 6 rings (SSSR count). The van der Waals surface area contributed by atoms with E-state index in [2.05, 4.69) is 0 Å². The Morgan fingerprint density at radius 3 is 2.44 bits per heavy atom. The highest BCUT2D eigenvalue weighted by atomic mass is 16.5. The number of hydrogen-bond acceptors (Lipinski definition) is 9. The lowest BCUT2D eigenvalue weighted by Crippen LogP contribution is -2.29. The van der Waals surface area contributed by atoms with Crippen LogP contribution in [-0.4, -0.2) is 37.0 Å². The zero-order valence-electron chi connectivity index (χ0n) is 22.6. The van der Waals surface area contributed by atoms with Crippen molar-refractivity contribution in [3.05, 3.63) is 86.5 Å². The van der Waals surface area contributed by atoms with Crippen molar-refractivity contribution in [3.8, 4) is 39.9 Å². The van der Waals surface area contributed by atoms with Gasteiger partial charge in [-0.15, -0.1) is 0 Å². The van der Waals surface area contributed by atoms with Crippen molar-refractivity contribution in [3.63, 3.8) is 0 Å². The Morgan fingerprint density at radius 1 is 0.927 bits per heavy atom. The van der Waals surface area contributed by atoms with E-state index in [0.717, 1.165) is 5.39 Å². The number of carbonyl (C=O) groups is 1. The zero-order chi connectivity index (χ0) is 29.0. The first kappa shape index (κ1) is 26.0. The van der Waals surface area contributed by atoms with Crippen LogP contribution in [0.5, 0.6) is 28.7 Å². The second kappa shape index (κ2) is 9.74. The molecule has 1 N–H and O–H groups in total. The molecule has 5 aromatic rings. The van der Waals surface area contributed by atoms with Crippen LogP contribution in [0, 0.1) is 0 Å². The van der Waals surface area contributed by atoms with Gasteiger partial charge in [0.2, 0.25) is 5.43 Å². The van der Waals surface area contributed by atoms with Crippen LogP contribution >= 0.6 is 0 Å². The number of benzene rings is 3. The van der Waals surface area contributed by atoms with E-state index in [0.29, 0.717) is 39.5 Å². The molecule has 1 aliphatic rings. The summed E-state index contributed by atoms with van der Waals surface area (Å²) in [5, 5.41) is 11.6. The van der Waals surface area contributed by atoms with E-state index >= 15 is 0 Å². The normalized spacial score (nSPS) is 14.5. The van der Waals surface area contributed by atoms with Gasteiger partial charge in [-0.25, -0.2) is 0 Å². The summed E-state index contributed by atoms with van der Waals surface area (Å²) in [5.74, 6) is -0.274. The summed E-state index contributed by atoms with van der Waals surface area (Å²) < 4.78 is 28.9. The first-order valence-corrected chi connectivity index (χ1v) is 12.7. The van der Waals surface area contributed by atoms with Crippen LogP contribution < -0.4 is 29.9 Å². The van der Waals surface area contributed by atoms with Gasteiger partial charge in [0, 0.05) is 36.2 Å². The summed E-state index contributed by atoms with van der Waals surface area (Å²) in [7, 11) is 6.17. The van der Waals surface area contributed by atoms with E-state index in [9.17, 15) is 19.5 Å². The molecule has 10 heteroatoms. The van der Waals surface area contributed by atoms with Gasteiger partial charge in [0.15, 0.2) is 11.5 Å². The van der Waals surface area contributed by atoms with Crippen LogP contribution in [0.1, 0.15) is 23.5 Å². The Kier molecular flexibility index (Phi) is 6.18. The summed E-state index contributed by atoms with van der Waals surface area (Å²) in [4.78, 5) is 40.1. The monoisotopic (exact) mass is 555 g/mol. The molecule has 41 heavy (non-hydrogen) atoms. The number of fused-ring (bicyclic) bond motifs is 4. The van der Waals surface area contributed by atoms with Crippen molar-refractivity contribution in [2.45, 2.75) is 12.3 Å². The number of ether oxygens (including phenoxy) is 4. The van der Waals surface area contributed by atoms with Crippen molar-refractivity contribution in [2.75, 3.05) is 21.3 Å². The quantitative estimate of drug-likeness (QED) is 0.247. The molecule has 1 aliphatic heterocycles. The van der Waals surface area contributed by atoms with Crippen LogP contribution in [0.4, 0.5) is 0 Å². The molecule has 0 spiro atoms. The fourth-order valence-electron chi connectivity index (χ4n) is 5.45. The number of nitrogens with zero attached hydrogens (tertiary/aromatic N) is 1. The van der Waals surface area contributed by atoms with Crippen LogP contribution in [0.3, 0.4) is 0 Å². The molecule has 0 unspecified atom stereocenters. The first-order chi connectivity index (χ1) is 19.7. The minimum absolute atomic E-state index is 0.0233. The van der Waals surface area contributed by atoms with Crippen LogP contribution in [-0.2, 0) is 11.8 Å². The fraction of sp³-hybridized carbons (Fsp3) is 0.194. The molecule has 0 fully saturated rings. The number of aromatic nitrogens is 1. The Morgan fingerprint density at radius 2 is 1.71 bits per heavy atom. The Bertz CT molecular complexity index is 2000. The minimum Gasteiger partial charge on any atom is -0.507 e. The minimum atomic E-state index is -0.797. The molecule has 0 aliphatic carbocycles. The molecule has 3 aromatic carbocycles. The molecule has 0 amide bonds. The van der Waals surface area contributed by atoms with Gasteiger partial charge < -0.3 is 33.0 Å². The molecule has 208 valence electrons. The highest BCUT2D eigenvalue weighted by molar-refractivity contribution is 5.94. The molecule has 0 saturated heterocycles. The topological polar surface area (TPSA) is 126 Å². The number of esters is 1. The number of aromatic hydroxyl groups is 1. The molecular weight excluding hydrogens is 530 g/mol. The van der Waals surface area contributed by atoms with Crippen LogP contribution in [0.25, 0.3) is 33.0 Å². The summed E-state index contributed by atoms with van der Waals surface area (Å²) in [5.41, 5.74) is 1.16. The van der Waals surface area contributed by atoms with Crippen LogP contribution in [0.15, 0.2) is 68.8 Å². The summed E-state index contributed by atoms with van der Waals surface area (Å²) in [6, 6.07) is 13.3. The van der Waals surface area contributed by atoms with Gasteiger partial charge in [0.05, 0.1) is 38.8 Å². The maximum absolute atomic E-state index is 13.8. The lowest BCUT2D eigenvalue weighted by Gasteiger charge is -2.26. The molecular formula is C31H25NO9. The van der Waals surface area contributed by atoms with Gasteiger partial charge in [-0.3, -0.25) is 14.4 Å². The maximum Gasteiger partial charge on any atom is 0.312 e. The number of pyridine rings is 1. The summed E-state index contributed by atoms with van der Waals surface area (Å²) >= 11 is 0. The van der Waals surface area contributed by atoms with Gasteiger partial charge in [-0.05, 0) is 41.3 Å². The molecule has 0 bridgehead atoms. The third-order valence-corrected chi connectivity index (χ3v) is 7.50. The maximum atomic E-state index is 13.8. The predicted molar refractivity (Wildman–Crippen MR) is 151 cm³/mol. The Hall–Kier alpha value is -5.25. The fourth-order valence-corrected chi connectivity index (χ4v) is 5.45. The van der Waals surface area contributed by atoms with Crippen molar-refractivity contribution in [2.24, 2.45) is 7.05 Å². The molecule has 2 aromatic heterocycles. The van der Waals surface area contributed by atoms with E-state index in [-0.39, 0.29) is 34.3 Å². The number of aryl methyl sites for hydroxylation is 1. The number of phenols is 1. The summed E-state index contributed by atoms with van der Waals surface area (Å²) in [6.07, 6.45) is 1.12. The van der Waals surface area contributed by atoms with E-state index in [4.69, 9.17) is 23.4 Å². The molecule has 0 saturated carbocycles. The van der Waals surface area contributed by atoms with Gasteiger partial charge in [0.1, 0.15) is 34.5 Å². The van der Waals surface area contributed by atoms with Crippen molar-refractivity contribution in [1.29, 1.82) is 0 Å². The number of carbonyl (C=O) groups excluding carboxylic acids is 1. The van der Waals surface area contributed by atoms with E-state index in [1.807, 2.05) is 6.07 Å². The van der Waals surface area contributed by atoms with Gasteiger partial charge in [-0.2, -0.15) is 0 Å². The second-order valence-corrected chi connectivity index (χ2v) is 9.68. The highest BCUT2D eigenvalue weighted by Crippen LogP contribution is 2.45. The van der Waals surface area contributed by atoms with Crippen molar-refractivity contribution in [1.82, 2.24) is 4.57 Å². The van der Waals surface area contributed by atoms with Crippen LogP contribution in [0.2, 0.25) is 0 Å². The van der Waals surface area contributed by atoms with E-state index in [1.165, 1.54) is 31.1 Å². The highest BCUT2D eigenvalue weighted by Gasteiger charge is 2.35. The van der Waals surface area contributed by atoms with Gasteiger partial charge >= 0.3 is 5.97 Å². The zero-order valence-corrected chi connectivity index (χ0v) is 22.6. The van der Waals surface area contributed by atoms with E-state index in [1.54, 1.807) is 50.6 Å². The average molecular weight is 556 g/mol. The van der Waals surface area contributed by atoms with E-state index < -0.39 is 23.1 Å². The second-order valence-electron chi connectivity index (χ2n) is 9.68. The Labute approximate surface area is 232 Å². The number of phenolic OH excluding ortho intramolecular Hbond substituents is 1. The molecule has 0 radical (unpaired) electrons. The third-order valence-electron chi connectivity index (χ3n) is 7.50. The third kappa shape index (κ3) is 4.07. The predicted octanol–water partition coefficient (Wildman–Crippen LogP) is 4.48. The lowest BCUT2D eigenvalue weighted by atomic mass is 9.85. The Balaban J connectivity index is 1.59. The largest absolute Gasteiger partial charge is 0.507 e. The van der Waals surface area contributed by atoms with Crippen molar-refractivity contribution >= 4 is 27.8 Å². The van der Waals surface area contributed by atoms with Gasteiger partial charge in [-0.1, -0.05) is 6.07 Å². The standard InChI is InChI=1S/C31H25NO9/c1-32-21-11-17(37-2)7-5-16(21)9-19(31(32)36)18-12-26(34)41-25-13-22(33)28-29(35)20(14-40-30(28)27(18)25)15-6-8-23(38-3)24(10-15)39-4/h5-11,13-14,18,33H,12H2,1-4H3/t18-/m1/s1. The molecule has 3 heterocycles. The number of methoxy groups -OCH3 is 3. The SMILES string of the molecule is COc1ccc2cc([C@H]3CC(=O)Oc4cc(O)c5c(=O)c(-c6ccc(OC)c(OC)c6)coc5c43)c(=O)n(C)c2c1. The average Bonchev–Trinajstić information content (AvgIpc) is 2.97. The van der Waals surface area contributed by atoms with Gasteiger partial charge in [0.25, 0.3) is 5.56 Å². The van der Waals surface area contributed by atoms with Crippen molar-refractivity contribution < 1.29 is 33.3 Å². The summed E-state index contributed by atoms with van der Waals surface area (Å²) in [6.45, 7) is 0. The smallest absolute Gasteiger partial charge is 0.312 e. The first-order valence-electron chi connectivity index (χ1n) is 12.7. The number of hydrogen-bond donors (Lipinski definition) is 1. The lowest BCUT2D eigenvalue weighted by molar-refractivity contribution is -0.135. The molecule has 1 atom stereocenters.